The van der Waals surface area contributed by atoms with Crippen LogP contribution in [0.5, 0.6) is 0 Å². The van der Waals surface area contributed by atoms with Gasteiger partial charge in [-0.1, -0.05) is 59.8 Å². The van der Waals surface area contributed by atoms with Crippen LogP contribution in [0, 0.1) is 6.92 Å². The van der Waals surface area contributed by atoms with Gasteiger partial charge in [-0.15, -0.1) is 5.10 Å². The second-order valence-corrected chi connectivity index (χ2v) is 7.32. The van der Waals surface area contributed by atoms with Gasteiger partial charge in [-0.2, -0.15) is 5.10 Å². The van der Waals surface area contributed by atoms with Crippen LogP contribution in [0.15, 0.2) is 64.8 Å². The van der Waals surface area contributed by atoms with Gasteiger partial charge in [0.1, 0.15) is 5.25 Å². The van der Waals surface area contributed by atoms with Crippen LogP contribution in [0.4, 0.5) is 5.69 Å². The Bertz CT molecular complexity index is 908. The van der Waals surface area contributed by atoms with Crippen molar-refractivity contribution in [2.45, 2.75) is 25.5 Å². The van der Waals surface area contributed by atoms with Gasteiger partial charge in [0.15, 0.2) is 5.17 Å². The highest BCUT2D eigenvalue weighted by Gasteiger charge is 2.40. The number of aliphatic carboxylic acids is 1. The maximum Gasteiger partial charge on any atom is 0.305 e. The summed E-state index contributed by atoms with van der Waals surface area (Å²) in [6.45, 7) is 3.86. The number of benzene rings is 2. The van der Waals surface area contributed by atoms with Gasteiger partial charge in [0.2, 0.25) is 5.91 Å². The number of carbonyl (C=O) groups excluding carboxylic acids is 1. The number of hydrogen-bond donors (Lipinski definition) is 1. The number of amidine groups is 1. The van der Waals surface area contributed by atoms with Crippen molar-refractivity contribution >= 4 is 40.2 Å². The Balaban J connectivity index is 1.93. The molecule has 0 radical (unpaired) electrons. The summed E-state index contributed by atoms with van der Waals surface area (Å²) in [7, 11) is 0. The summed E-state index contributed by atoms with van der Waals surface area (Å²) in [4.78, 5) is 25.2. The van der Waals surface area contributed by atoms with Gasteiger partial charge in [0.25, 0.3) is 0 Å². The molecular weight excluding hydrogens is 362 g/mol. The van der Waals surface area contributed by atoms with E-state index in [9.17, 15) is 9.59 Å². The summed E-state index contributed by atoms with van der Waals surface area (Å²) in [6.07, 6.45) is -0.257. The molecule has 1 N–H and O–H groups in total. The minimum Gasteiger partial charge on any atom is -0.481 e. The van der Waals surface area contributed by atoms with Crippen LogP contribution >= 0.6 is 11.8 Å². The summed E-state index contributed by atoms with van der Waals surface area (Å²) in [5.74, 6) is -1.31. The summed E-state index contributed by atoms with van der Waals surface area (Å²) in [6, 6.07) is 17.0. The van der Waals surface area contributed by atoms with Crippen LogP contribution in [0.2, 0.25) is 0 Å². The van der Waals surface area contributed by atoms with E-state index in [0.29, 0.717) is 16.6 Å². The molecule has 1 aliphatic heterocycles. The minimum atomic E-state index is -1.02. The normalized spacial score (nSPS) is 19.0. The molecular formula is C20H19N3O3S. The highest BCUT2D eigenvalue weighted by molar-refractivity contribution is 8.16. The van der Waals surface area contributed by atoms with Crippen molar-refractivity contribution in [1.82, 2.24) is 0 Å². The zero-order valence-corrected chi connectivity index (χ0v) is 15.8. The number of aryl methyl sites for hydroxylation is 1. The molecule has 1 heterocycles. The van der Waals surface area contributed by atoms with E-state index in [0.717, 1.165) is 22.9 Å². The summed E-state index contributed by atoms with van der Waals surface area (Å²) >= 11 is 1.13. The molecule has 1 fully saturated rings. The maximum atomic E-state index is 12.7. The molecule has 6 nitrogen and oxygen atoms in total. The van der Waals surface area contributed by atoms with Gasteiger partial charge in [0.05, 0.1) is 17.8 Å². The molecule has 138 valence electrons. The number of thioether (sulfide) groups is 1. The van der Waals surface area contributed by atoms with Gasteiger partial charge >= 0.3 is 5.97 Å². The molecule has 1 saturated heterocycles. The van der Waals surface area contributed by atoms with Crippen LogP contribution in [0.3, 0.4) is 0 Å². The van der Waals surface area contributed by atoms with E-state index < -0.39 is 11.2 Å². The first-order chi connectivity index (χ1) is 13.0. The van der Waals surface area contributed by atoms with E-state index in [2.05, 4.69) is 10.2 Å². The second-order valence-electron chi connectivity index (χ2n) is 6.15. The minimum absolute atomic E-state index is 0.257. The Morgan fingerprint density at radius 3 is 2.44 bits per heavy atom. The van der Waals surface area contributed by atoms with Gasteiger partial charge < -0.3 is 5.11 Å². The third-order valence-electron chi connectivity index (χ3n) is 4.06. The van der Waals surface area contributed by atoms with E-state index in [1.54, 1.807) is 12.1 Å². The Kier molecular flexibility index (Phi) is 5.71. The molecule has 2 aromatic carbocycles. The van der Waals surface area contributed by atoms with E-state index in [1.807, 2.05) is 56.3 Å². The zero-order chi connectivity index (χ0) is 19.4. The fourth-order valence-electron chi connectivity index (χ4n) is 2.61. The monoisotopic (exact) mass is 381 g/mol. The number of nitrogens with zero attached hydrogens (tertiary/aromatic N) is 3. The zero-order valence-electron chi connectivity index (χ0n) is 15.0. The molecule has 7 heteroatoms. The molecule has 0 saturated carbocycles. The standard InChI is InChI=1S/C20H19N3O3S/c1-13-8-10-15(11-9-13)14(2)21-22-20-23(16-6-4-3-5-7-16)19(26)17(27-20)12-18(24)25/h3-11,17H,12H2,1-2H3,(H,24,25)/t17-/m0/s1. The average Bonchev–Trinajstić information content (AvgIpc) is 2.96. The first-order valence-corrected chi connectivity index (χ1v) is 9.30. The van der Waals surface area contributed by atoms with Gasteiger partial charge in [-0.25, -0.2) is 0 Å². The largest absolute Gasteiger partial charge is 0.481 e. The molecule has 1 amide bonds. The van der Waals surface area contributed by atoms with E-state index >= 15 is 0 Å². The van der Waals surface area contributed by atoms with Crippen molar-refractivity contribution in [3.63, 3.8) is 0 Å². The van der Waals surface area contributed by atoms with Crippen LogP contribution in [-0.2, 0) is 9.59 Å². The van der Waals surface area contributed by atoms with Gasteiger partial charge in [-0.05, 0) is 31.5 Å². The van der Waals surface area contributed by atoms with E-state index in [4.69, 9.17) is 5.11 Å². The van der Waals surface area contributed by atoms with Crippen LogP contribution < -0.4 is 4.90 Å². The predicted molar refractivity (Wildman–Crippen MR) is 108 cm³/mol. The molecule has 3 rings (SSSR count). The lowest BCUT2D eigenvalue weighted by Gasteiger charge is -2.15. The second kappa shape index (κ2) is 8.18. The lowest BCUT2D eigenvalue weighted by atomic mass is 10.1. The Hall–Kier alpha value is -2.93. The van der Waals surface area contributed by atoms with Crippen molar-refractivity contribution in [3.05, 3.63) is 65.7 Å². The summed E-state index contributed by atoms with van der Waals surface area (Å²) in [5, 5.41) is 17.3. The quantitative estimate of drug-likeness (QED) is 0.632. The topological polar surface area (TPSA) is 82.3 Å². The number of carboxylic acid groups (broad SMARTS) is 1. The Morgan fingerprint density at radius 1 is 1.15 bits per heavy atom. The number of para-hydroxylation sites is 1. The smallest absolute Gasteiger partial charge is 0.305 e. The van der Waals surface area contributed by atoms with E-state index in [1.165, 1.54) is 4.90 Å². The van der Waals surface area contributed by atoms with Crippen molar-refractivity contribution in [1.29, 1.82) is 0 Å². The number of hydrogen-bond acceptors (Lipinski definition) is 5. The molecule has 0 bridgehead atoms. The highest BCUT2D eigenvalue weighted by Crippen LogP contribution is 2.33. The van der Waals surface area contributed by atoms with Crippen molar-refractivity contribution in [2.24, 2.45) is 10.2 Å². The number of amides is 1. The fourth-order valence-corrected chi connectivity index (χ4v) is 3.68. The SMILES string of the molecule is CC(=NN=C1S[C@@H](CC(=O)O)C(=O)N1c1ccccc1)c1ccc(C)cc1. The summed E-state index contributed by atoms with van der Waals surface area (Å²) < 4.78 is 0. The molecule has 2 aromatic rings. The highest BCUT2D eigenvalue weighted by atomic mass is 32.2. The Labute approximate surface area is 161 Å². The average molecular weight is 381 g/mol. The third kappa shape index (κ3) is 4.43. The lowest BCUT2D eigenvalue weighted by Crippen LogP contribution is -2.32. The van der Waals surface area contributed by atoms with Crippen LogP contribution in [0.1, 0.15) is 24.5 Å². The number of carboxylic acids is 1. The van der Waals surface area contributed by atoms with E-state index in [-0.39, 0.29) is 12.3 Å². The molecule has 1 atom stereocenters. The third-order valence-corrected chi connectivity index (χ3v) is 5.19. The molecule has 27 heavy (non-hydrogen) atoms. The van der Waals surface area contributed by atoms with Crippen molar-refractivity contribution in [3.8, 4) is 0 Å². The van der Waals surface area contributed by atoms with Crippen LogP contribution in [-0.4, -0.2) is 33.1 Å². The lowest BCUT2D eigenvalue weighted by molar-refractivity contribution is -0.138. The van der Waals surface area contributed by atoms with Gasteiger partial charge in [0, 0.05) is 0 Å². The van der Waals surface area contributed by atoms with Gasteiger partial charge in [-0.3, -0.25) is 14.5 Å². The maximum absolute atomic E-state index is 12.7. The molecule has 1 aliphatic rings. The molecule has 0 unspecified atom stereocenters. The first kappa shape index (κ1) is 18.8. The summed E-state index contributed by atoms with van der Waals surface area (Å²) in [5.41, 5.74) is 3.45. The number of anilines is 1. The van der Waals surface area contributed by atoms with Crippen molar-refractivity contribution in [2.75, 3.05) is 4.90 Å². The molecule has 0 aromatic heterocycles. The molecule has 0 aliphatic carbocycles. The van der Waals surface area contributed by atoms with Crippen molar-refractivity contribution < 1.29 is 14.7 Å². The first-order valence-electron chi connectivity index (χ1n) is 8.42. The Morgan fingerprint density at radius 2 is 1.81 bits per heavy atom. The predicted octanol–water partition coefficient (Wildman–Crippen LogP) is 3.70. The number of carbonyl (C=O) groups is 2. The molecule has 0 spiro atoms. The van der Waals surface area contributed by atoms with Crippen LogP contribution in [0.25, 0.3) is 0 Å². The number of rotatable bonds is 5. The fraction of sp³-hybridized carbons (Fsp3) is 0.200.